The van der Waals surface area contributed by atoms with Crippen LogP contribution in [0.2, 0.25) is 0 Å². The van der Waals surface area contributed by atoms with Crippen LogP contribution in [-0.2, 0) is 22.8 Å². The normalized spacial score (nSPS) is 11.9. The van der Waals surface area contributed by atoms with Crippen molar-refractivity contribution >= 4 is 9.84 Å². The lowest BCUT2D eigenvalue weighted by molar-refractivity contribution is 0.590. The highest BCUT2D eigenvalue weighted by atomic mass is 32.2. The van der Waals surface area contributed by atoms with Gasteiger partial charge in [-0.05, 0) is 24.6 Å². The molecular weight excluding hydrogens is 212 g/mol. The highest BCUT2D eigenvalue weighted by Gasteiger charge is 2.07. The number of rotatable bonds is 6. The lowest BCUT2D eigenvalue weighted by Gasteiger charge is -2.02. The number of sulfone groups is 1. The van der Waals surface area contributed by atoms with Crippen molar-refractivity contribution in [2.75, 3.05) is 18.1 Å². The second kappa shape index (κ2) is 5.32. The summed E-state index contributed by atoms with van der Waals surface area (Å²) >= 11 is 0. The number of hydrogen-bond acceptors (Lipinski definition) is 3. The fourth-order valence-corrected chi connectivity index (χ4v) is 2.11. The summed E-state index contributed by atoms with van der Waals surface area (Å²) in [7, 11) is -2.87. The predicted molar refractivity (Wildman–Crippen MR) is 61.5 cm³/mol. The molecule has 0 aliphatic carbocycles. The molecule has 5 heteroatoms. The Morgan fingerprint density at radius 1 is 1.47 bits per heavy atom. The Bertz CT molecular complexity index is 395. The van der Waals surface area contributed by atoms with Gasteiger partial charge in [0.05, 0.1) is 5.75 Å². The van der Waals surface area contributed by atoms with Crippen LogP contribution in [0, 0.1) is 0 Å². The summed E-state index contributed by atoms with van der Waals surface area (Å²) in [6.45, 7) is 2.82. The van der Waals surface area contributed by atoms with Gasteiger partial charge < -0.3 is 10.3 Å². The third-order valence-electron chi connectivity index (χ3n) is 2.35. The molecule has 0 saturated heterocycles. The van der Waals surface area contributed by atoms with Gasteiger partial charge in [0.15, 0.2) is 9.84 Å². The van der Waals surface area contributed by atoms with Crippen molar-refractivity contribution in [3.05, 3.63) is 24.0 Å². The Hall–Kier alpha value is -0.810. The molecule has 1 aromatic heterocycles. The molecule has 0 aliphatic heterocycles. The summed E-state index contributed by atoms with van der Waals surface area (Å²) in [4.78, 5) is 0. The van der Waals surface area contributed by atoms with Gasteiger partial charge in [0.1, 0.15) is 0 Å². The van der Waals surface area contributed by atoms with Crippen molar-refractivity contribution in [1.82, 2.24) is 4.57 Å². The molecule has 0 aromatic carbocycles. The van der Waals surface area contributed by atoms with Gasteiger partial charge in [0, 0.05) is 24.7 Å². The molecular formula is C10H18N2O2S. The van der Waals surface area contributed by atoms with Crippen molar-refractivity contribution in [1.29, 1.82) is 0 Å². The van der Waals surface area contributed by atoms with Crippen LogP contribution in [-0.4, -0.2) is 31.0 Å². The molecule has 1 rings (SSSR count). The Morgan fingerprint density at radius 3 is 2.80 bits per heavy atom. The van der Waals surface area contributed by atoms with Crippen LogP contribution < -0.4 is 5.73 Å². The molecule has 0 amide bonds. The van der Waals surface area contributed by atoms with E-state index in [1.54, 1.807) is 6.92 Å². The largest absolute Gasteiger partial charge is 0.353 e. The number of nitrogens with two attached hydrogens (primary N) is 1. The third-order valence-corrected chi connectivity index (χ3v) is 4.03. The summed E-state index contributed by atoms with van der Waals surface area (Å²) in [5.41, 5.74) is 6.59. The van der Waals surface area contributed by atoms with Gasteiger partial charge in [0.2, 0.25) is 0 Å². The van der Waals surface area contributed by atoms with E-state index in [-0.39, 0.29) is 11.5 Å². The first-order valence-electron chi connectivity index (χ1n) is 5.12. The van der Waals surface area contributed by atoms with Crippen LogP contribution in [0.4, 0.5) is 0 Å². The molecule has 0 radical (unpaired) electrons. The number of nitrogens with zero attached hydrogens (tertiary/aromatic N) is 1. The zero-order valence-corrected chi connectivity index (χ0v) is 9.83. The standard InChI is InChI=1S/C10H18N2O2S/c1-2-15(13,14)8-7-12-6-4-10(9-12)3-5-11/h4,6,9H,2-3,5,7-8,11H2,1H3. The van der Waals surface area contributed by atoms with Crippen LogP contribution in [0.1, 0.15) is 12.5 Å². The van der Waals surface area contributed by atoms with Crippen LogP contribution in [0.5, 0.6) is 0 Å². The van der Waals surface area contributed by atoms with E-state index >= 15 is 0 Å². The lowest BCUT2D eigenvalue weighted by Crippen LogP contribution is -2.13. The zero-order chi connectivity index (χ0) is 11.3. The summed E-state index contributed by atoms with van der Waals surface area (Å²) < 4.78 is 24.4. The minimum Gasteiger partial charge on any atom is -0.353 e. The van der Waals surface area contributed by atoms with Gasteiger partial charge in [-0.2, -0.15) is 0 Å². The molecule has 0 fully saturated rings. The maximum Gasteiger partial charge on any atom is 0.151 e. The maximum atomic E-state index is 11.3. The molecule has 1 heterocycles. The van der Waals surface area contributed by atoms with Gasteiger partial charge in [0.25, 0.3) is 0 Å². The molecule has 0 saturated carbocycles. The number of aromatic nitrogens is 1. The van der Waals surface area contributed by atoms with E-state index in [0.717, 1.165) is 12.0 Å². The summed E-state index contributed by atoms with van der Waals surface area (Å²) in [5.74, 6) is 0.421. The number of aryl methyl sites for hydroxylation is 1. The van der Waals surface area contributed by atoms with Gasteiger partial charge in [-0.1, -0.05) is 6.92 Å². The van der Waals surface area contributed by atoms with E-state index in [9.17, 15) is 8.42 Å². The highest BCUT2D eigenvalue weighted by Crippen LogP contribution is 2.02. The van der Waals surface area contributed by atoms with Crippen molar-refractivity contribution in [3.63, 3.8) is 0 Å². The zero-order valence-electron chi connectivity index (χ0n) is 9.02. The summed E-state index contributed by atoms with van der Waals surface area (Å²) in [5, 5.41) is 0. The Labute approximate surface area is 91.0 Å². The summed E-state index contributed by atoms with van der Waals surface area (Å²) in [6, 6.07) is 1.98. The van der Waals surface area contributed by atoms with Gasteiger partial charge >= 0.3 is 0 Å². The molecule has 15 heavy (non-hydrogen) atoms. The smallest absolute Gasteiger partial charge is 0.151 e. The lowest BCUT2D eigenvalue weighted by atomic mass is 10.2. The van der Waals surface area contributed by atoms with Crippen LogP contribution in [0.3, 0.4) is 0 Å². The summed E-state index contributed by atoms with van der Waals surface area (Å²) in [6.07, 6.45) is 4.70. The fourth-order valence-electron chi connectivity index (χ4n) is 1.33. The quantitative estimate of drug-likeness (QED) is 0.770. The molecule has 1 aromatic rings. The molecule has 0 aliphatic rings. The second-order valence-electron chi connectivity index (χ2n) is 3.53. The second-order valence-corrected chi connectivity index (χ2v) is 6.01. The van der Waals surface area contributed by atoms with Gasteiger partial charge in [-0.3, -0.25) is 0 Å². The molecule has 0 atom stereocenters. The topological polar surface area (TPSA) is 65.1 Å². The average molecular weight is 230 g/mol. The van der Waals surface area contributed by atoms with E-state index in [0.29, 0.717) is 13.1 Å². The SMILES string of the molecule is CCS(=O)(=O)CCn1ccc(CCN)c1. The fraction of sp³-hybridized carbons (Fsp3) is 0.600. The van der Waals surface area contributed by atoms with E-state index in [4.69, 9.17) is 5.73 Å². The first-order chi connectivity index (χ1) is 7.07. The van der Waals surface area contributed by atoms with Crippen molar-refractivity contribution in [2.45, 2.75) is 19.9 Å². The van der Waals surface area contributed by atoms with Crippen LogP contribution in [0.15, 0.2) is 18.5 Å². The first kappa shape index (κ1) is 12.3. The monoisotopic (exact) mass is 230 g/mol. The minimum atomic E-state index is -2.87. The maximum absolute atomic E-state index is 11.3. The Balaban J connectivity index is 2.51. The number of hydrogen-bond donors (Lipinski definition) is 1. The highest BCUT2D eigenvalue weighted by molar-refractivity contribution is 7.91. The van der Waals surface area contributed by atoms with Crippen molar-refractivity contribution < 1.29 is 8.42 Å². The molecule has 2 N–H and O–H groups in total. The Kier molecular flexibility index (Phi) is 4.35. The molecule has 86 valence electrons. The van der Waals surface area contributed by atoms with Gasteiger partial charge in [-0.25, -0.2) is 8.42 Å². The van der Waals surface area contributed by atoms with Gasteiger partial charge in [-0.15, -0.1) is 0 Å². The minimum absolute atomic E-state index is 0.209. The van der Waals surface area contributed by atoms with Crippen molar-refractivity contribution in [3.8, 4) is 0 Å². The molecule has 0 bridgehead atoms. The predicted octanol–water partition coefficient (Wildman–Crippen LogP) is 0.424. The molecule has 0 unspecified atom stereocenters. The van der Waals surface area contributed by atoms with E-state index in [1.807, 2.05) is 23.0 Å². The van der Waals surface area contributed by atoms with Crippen LogP contribution in [0.25, 0.3) is 0 Å². The first-order valence-corrected chi connectivity index (χ1v) is 6.94. The third kappa shape index (κ3) is 4.05. The average Bonchev–Trinajstić information content (AvgIpc) is 2.64. The molecule has 4 nitrogen and oxygen atoms in total. The Morgan fingerprint density at radius 2 is 2.20 bits per heavy atom. The van der Waals surface area contributed by atoms with E-state index in [2.05, 4.69) is 0 Å². The van der Waals surface area contributed by atoms with Crippen molar-refractivity contribution in [2.24, 2.45) is 5.73 Å². The van der Waals surface area contributed by atoms with E-state index in [1.165, 1.54) is 0 Å². The molecule has 0 spiro atoms. The van der Waals surface area contributed by atoms with E-state index < -0.39 is 9.84 Å². The van der Waals surface area contributed by atoms with Crippen LogP contribution >= 0.6 is 0 Å².